The largest absolute Gasteiger partial charge is 0.390 e. The molecule has 0 aliphatic carbocycles. The summed E-state index contributed by atoms with van der Waals surface area (Å²) in [6.07, 6.45) is -0.267. The highest BCUT2D eigenvalue weighted by molar-refractivity contribution is 5.77. The number of hydrogen-bond donors (Lipinski definition) is 3. The van der Waals surface area contributed by atoms with Gasteiger partial charge < -0.3 is 20.6 Å². The predicted molar refractivity (Wildman–Crippen MR) is 58.1 cm³/mol. The Morgan fingerprint density at radius 2 is 2.12 bits per heavy atom. The molecule has 0 spiro atoms. The van der Waals surface area contributed by atoms with Gasteiger partial charge in [0.1, 0.15) is 0 Å². The molecule has 90 valence electrons. The monoisotopic (exact) mass is 226 g/mol. The Hall–Kier alpha value is -0.850. The summed E-state index contributed by atoms with van der Waals surface area (Å²) in [7, 11) is 0. The molecule has 3 aliphatic heterocycles. The van der Waals surface area contributed by atoms with Crippen LogP contribution < -0.4 is 10.6 Å². The fourth-order valence-electron chi connectivity index (χ4n) is 2.95. The lowest BCUT2D eigenvalue weighted by atomic mass is 10.1. The van der Waals surface area contributed by atoms with E-state index in [-0.39, 0.29) is 24.2 Å². The molecular formula is C10H18N4O2. The fourth-order valence-corrected chi connectivity index (χ4v) is 2.95. The number of carbonyl (C=O) groups excluding carboxylic acids is 1. The van der Waals surface area contributed by atoms with Crippen LogP contribution in [0.1, 0.15) is 0 Å². The molecule has 6 heteroatoms. The Labute approximate surface area is 94.6 Å². The summed E-state index contributed by atoms with van der Waals surface area (Å²) in [5.41, 5.74) is 0. The van der Waals surface area contributed by atoms with Gasteiger partial charge in [-0.1, -0.05) is 0 Å². The number of piperazine rings is 1. The van der Waals surface area contributed by atoms with Gasteiger partial charge in [-0.05, 0) is 0 Å². The van der Waals surface area contributed by atoms with Crippen molar-refractivity contribution in [3.63, 3.8) is 0 Å². The molecule has 2 amide bonds. The normalized spacial score (nSPS) is 39.9. The van der Waals surface area contributed by atoms with Gasteiger partial charge in [0.05, 0.1) is 12.1 Å². The smallest absolute Gasteiger partial charge is 0.317 e. The van der Waals surface area contributed by atoms with Crippen molar-refractivity contribution in [2.24, 2.45) is 0 Å². The van der Waals surface area contributed by atoms with E-state index in [2.05, 4.69) is 15.5 Å². The van der Waals surface area contributed by atoms with E-state index in [1.165, 1.54) is 0 Å². The third kappa shape index (κ3) is 1.57. The molecule has 0 aromatic carbocycles. The van der Waals surface area contributed by atoms with Gasteiger partial charge in [-0.3, -0.25) is 4.90 Å². The van der Waals surface area contributed by atoms with Gasteiger partial charge in [-0.25, -0.2) is 4.79 Å². The van der Waals surface area contributed by atoms with E-state index in [4.69, 9.17) is 0 Å². The molecule has 3 unspecified atom stereocenters. The molecule has 3 rings (SSSR count). The summed E-state index contributed by atoms with van der Waals surface area (Å²) in [6, 6.07) is 0.571. The van der Waals surface area contributed by atoms with Crippen LogP contribution in [0.4, 0.5) is 4.79 Å². The average molecular weight is 226 g/mol. The Kier molecular flexibility index (Phi) is 2.49. The Bertz CT molecular complexity index is 299. The summed E-state index contributed by atoms with van der Waals surface area (Å²) in [5, 5.41) is 15.9. The molecule has 3 N–H and O–H groups in total. The van der Waals surface area contributed by atoms with Crippen LogP contribution in [0.2, 0.25) is 0 Å². The second-order valence-corrected chi connectivity index (χ2v) is 4.82. The zero-order valence-electron chi connectivity index (χ0n) is 9.22. The van der Waals surface area contributed by atoms with E-state index >= 15 is 0 Å². The van der Waals surface area contributed by atoms with Crippen molar-refractivity contribution < 1.29 is 9.90 Å². The Morgan fingerprint density at radius 3 is 2.88 bits per heavy atom. The Morgan fingerprint density at radius 1 is 1.25 bits per heavy atom. The molecule has 3 aliphatic rings. The number of fused-ring (bicyclic) bond motifs is 1. The maximum Gasteiger partial charge on any atom is 0.317 e. The minimum Gasteiger partial charge on any atom is -0.390 e. The average Bonchev–Trinajstić information content (AvgIpc) is 2.86. The number of amides is 2. The first kappa shape index (κ1) is 10.3. The summed E-state index contributed by atoms with van der Waals surface area (Å²) in [5.74, 6) is 0. The molecular weight excluding hydrogens is 208 g/mol. The third-order valence-electron chi connectivity index (χ3n) is 3.88. The molecule has 3 fully saturated rings. The SMILES string of the molecule is O=C1NCC2CN(C3CNCC3O)CCN12. The van der Waals surface area contributed by atoms with Crippen LogP contribution in [0.15, 0.2) is 0 Å². The second kappa shape index (κ2) is 3.87. The molecule has 0 saturated carbocycles. The van der Waals surface area contributed by atoms with Gasteiger partial charge in [-0.15, -0.1) is 0 Å². The first-order valence-electron chi connectivity index (χ1n) is 5.93. The van der Waals surface area contributed by atoms with Crippen molar-refractivity contribution >= 4 is 6.03 Å². The summed E-state index contributed by atoms with van der Waals surface area (Å²) < 4.78 is 0. The standard InChI is InChI=1S/C10H18N4O2/c15-9-5-11-4-8(9)13-1-2-14-7(6-13)3-12-10(14)16/h7-9,11,15H,1-6H2,(H,12,16). The van der Waals surface area contributed by atoms with Crippen LogP contribution in [-0.4, -0.2) is 78.4 Å². The van der Waals surface area contributed by atoms with Gasteiger partial charge in [0.15, 0.2) is 0 Å². The summed E-state index contributed by atoms with van der Waals surface area (Å²) in [4.78, 5) is 15.7. The zero-order chi connectivity index (χ0) is 11.1. The molecule has 3 heterocycles. The molecule has 3 atom stereocenters. The van der Waals surface area contributed by atoms with E-state index in [1.807, 2.05) is 4.90 Å². The summed E-state index contributed by atoms with van der Waals surface area (Å²) in [6.45, 7) is 4.81. The van der Waals surface area contributed by atoms with Crippen LogP contribution in [0.3, 0.4) is 0 Å². The number of aliphatic hydroxyl groups is 1. The quantitative estimate of drug-likeness (QED) is 0.485. The van der Waals surface area contributed by atoms with Crippen molar-refractivity contribution in [2.75, 3.05) is 39.3 Å². The van der Waals surface area contributed by atoms with Crippen molar-refractivity contribution in [3.8, 4) is 0 Å². The maximum absolute atomic E-state index is 11.4. The molecule has 0 radical (unpaired) electrons. The van der Waals surface area contributed by atoms with Gasteiger partial charge in [-0.2, -0.15) is 0 Å². The molecule has 0 bridgehead atoms. The number of carbonyl (C=O) groups is 1. The van der Waals surface area contributed by atoms with Crippen LogP contribution in [0.5, 0.6) is 0 Å². The minimum atomic E-state index is -0.267. The lowest BCUT2D eigenvalue weighted by molar-refractivity contribution is 0.0403. The van der Waals surface area contributed by atoms with E-state index in [0.717, 1.165) is 32.7 Å². The van der Waals surface area contributed by atoms with Gasteiger partial charge >= 0.3 is 6.03 Å². The van der Waals surface area contributed by atoms with Gasteiger partial charge in [0, 0.05) is 45.3 Å². The predicted octanol–water partition coefficient (Wildman–Crippen LogP) is -1.97. The van der Waals surface area contributed by atoms with Gasteiger partial charge in [0.2, 0.25) is 0 Å². The first-order chi connectivity index (χ1) is 7.75. The van der Waals surface area contributed by atoms with Crippen LogP contribution in [0.25, 0.3) is 0 Å². The van der Waals surface area contributed by atoms with Gasteiger partial charge in [0.25, 0.3) is 0 Å². The number of β-amino-alcohol motifs (C(OH)–C–C–N with tert-alkyl or cyclic N) is 1. The summed E-state index contributed by atoms with van der Waals surface area (Å²) >= 11 is 0. The van der Waals surface area contributed by atoms with Crippen molar-refractivity contribution in [1.29, 1.82) is 0 Å². The van der Waals surface area contributed by atoms with E-state index < -0.39 is 0 Å². The number of nitrogens with one attached hydrogen (secondary N) is 2. The third-order valence-corrected chi connectivity index (χ3v) is 3.88. The number of nitrogens with zero attached hydrogens (tertiary/aromatic N) is 2. The van der Waals surface area contributed by atoms with E-state index in [0.29, 0.717) is 6.54 Å². The number of rotatable bonds is 1. The lowest BCUT2D eigenvalue weighted by Gasteiger charge is -2.40. The number of aliphatic hydroxyl groups excluding tert-OH is 1. The zero-order valence-corrected chi connectivity index (χ0v) is 9.22. The molecule has 0 aromatic heterocycles. The molecule has 0 aromatic rings. The van der Waals surface area contributed by atoms with Crippen molar-refractivity contribution in [1.82, 2.24) is 20.4 Å². The lowest BCUT2D eigenvalue weighted by Crippen LogP contribution is -2.57. The number of hydrogen-bond acceptors (Lipinski definition) is 4. The Balaban J connectivity index is 1.65. The van der Waals surface area contributed by atoms with Crippen molar-refractivity contribution in [2.45, 2.75) is 18.2 Å². The molecule has 6 nitrogen and oxygen atoms in total. The fraction of sp³-hybridized carbons (Fsp3) is 0.900. The van der Waals surface area contributed by atoms with Crippen LogP contribution in [0, 0.1) is 0 Å². The van der Waals surface area contributed by atoms with E-state index in [1.54, 1.807) is 0 Å². The first-order valence-corrected chi connectivity index (χ1v) is 5.93. The van der Waals surface area contributed by atoms with Crippen LogP contribution in [-0.2, 0) is 0 Å². The van der Waals surface area contributed by atoms with Crippen molar-refractivity contribution in [3.05, 3.63) is 0 Å². The number of urea groups is 1. The molecule has 16 heavy (non-hydrogen) atoms. The highest BCUT2D eigenvalue weighted by Gasteiger charge is 2.40. The van der Waals surface area contributed by atoms with E-state index in [9.17, 15) is 9.90 Å². The molecule has 3 saturated heterocycles. The topological polar surface area (TPSA) is 67.8 Å². The second-order valence-electron chi connectivity index (χ2n) is 4.82. The highest BCUT2D eigenvalue weighted by Crippen LogP contribution is 2.18. The van der Waals surface area contributed by atoms with Crippen LogP contribution >= 0.6 is 0 Å². The minimum absolute atomic E-state index is 0.0646. The highest BCUT2D eigenvalue weighted by atomic mass is 16.3. The maximum atomic E-state index is 11.4.